The normalized spacial score (nSPS) is 19.6. The number of β-amino-alcohol motifs (C(OH)–C–C–N with tert-alkyl or cyclic N) is 1. The van der Waals surface area contributed by atoms with Crippen LogP contribution in [0.4, 0.5) is 0 Å². The lowest BCUT2D eigenvalue weighted by Gasteiger charge is -2.17. The maximum atomic E-state index is 12.1. The summed E-state index contributed by atoms with van der Waals surface area (Å²) in [5, 5.41) is 19.4. The maximum absolute atomic E-state index is 12.1. The number of nitrogens with zero attached hydrogens (tertiary/aromatic N) is 1. The second kappa shape index (κ2) is 4.75. The van der Waals surface area contributed by atoms with E-state index in [0.717, 1.165) is 5.56 Å². The lowest BCUT2D eigenvalue weighted by molar-refractivity contribution is 0.0762. The molecule has 2 N–H and O–H groups in total. The van der Waals surface area contributed by atoms with Crippen LogP contribution in [0.5, 0.6) is 5.75 Å². The topological polar surface area (TPSA) is 60.8 Å². The molecule has 1 atom stereocenters. The van der Waals surface area contributed by atoms with Crippen LogP contribution in [0, 0.1) is 0 Å². The zero-order valence-electron chi connectivity index (χ0n) is 9.89. The number of aliphatic hydroxyl groups is 1. The molecule has 1 amide bonds. The smallest absolute Gasteiger partial charge is 0.257 e. The minimum Gasteiger partial charge on any atom is -0.507 e. The molecule has 0 bridgehead atoms. The fraction of sp³-hybridized carbons (Fsp3) is 0.462. The molecule has 1 heterocycles. The number of hydrogen-bond donors (Lipinski definition) is 2. The fourth-order valence-electron chi connectivity index (χ4n) is 2.15. The molecule has 1 aromatic carbocycles. The molecule has 0 saturated carbocycles. The van der Waals surface area contributed by atoms with Crippen molar-refractivity contribution in [2.45, 2.75) is 25.9 Å². The van der Waals surface area contributed by atoms with Crippen LogP contribution in [0.3, 0.4) is 0 Å². The number of aliphatic hydroxyl groups excluding tert-OH is 1. The summed E-state index contributed by atoms with van der Waals surface area (Å²) in [6.45, 7) is 2.84. The number of amides is 1. The molecule has 0 aliphatic carbocycles. The minimum atomic E-state index is -0.435. The highest BCUT2D eigenvalue weighted by Gasteiger charge is 2.27. The SMILES string of the molecule is CCc1cccc(C(=O)N2CC[C@@H](O)C2)c1O. The van der Waals surface area contributed by atoms with Gasteiger partial charge in [0.25, 0.3) is 5.91 Å². The molecular weight excluding hydrogens is 218 g/mol. The molecule has 1 aliphatic rings. The van der Waals surface area contributed by atoms with Gasteiger partial charge < -0.3 is 15.1 Å². The number of carbonyl (C=O) groups is 1. The van der Waals surface area contributed by atoms with Crippen molar-refractivity contribution in [3.05, 3.63) is 29.3 Å². The lowest BCUT2D eigenvalue weighted by atomic mass is 10.1. The van der Waals surface area contributed by atoms with E-state index in [2.05, 4.69) is 0 Å². The Balaban J connectivity index is 2.25. The molecule has 1 fully saturated rings. The number of benzene rings is 1. The van der Waals surface area contributed by atoms with Gasteiger partial charge in [-0.15, -0.1) is 0 Å². The molecular formula is C13H17NO3. The van der Waals surface area contributed by atoms with Crippen molar-refractivity contribution < 1.29 is 15.0 Å². The third-order valence-corrected chi connectivity index (χ3v) is 3.18. The second-order valence-electron chi connectivity index (χ2n) is 4.36. The molecule has 1 saturated heterocycles. The average Bonchev–Trinajstić information content (AvgIpc) is 2.75. The van der Waals surface area contributed by atoms with Crippen LogP contribution in [-0.4, -0.2) is 40.2 Å². The summed E-state index contributed by atoms with van der Waals surface area (Å²) in [6, 6.07) is 5.21. The third kappa shape index (κ3) is 2.26. The molecule has 2 rings (SSSR count). The summed E-state index contributed by atoms with van der Waals surface area (Å²) >= 11 is 0. The van der Waals surface area contributed by atoms with Crippen LogP contribution < -0.4 is 0 Å². The molecule has 1 aliphatic heterocycles. The molecule has 17 heavy (non-hydrogen) atoms. The largest absolute Gasteiger partial charge is 0.507 e. The Kier molecular flexibility index (Phi) is 3.33. The van der Waals surface area contributed by atoms with Crippen LogP contribution >= 0.6 is 0 Å². The second-order valence-corrected chi connectivity index (χ2v) is 4.36. The Morgan fingerprint density at radius 3 is 2.88 bits per heavy atom. The van der Waals surface area contributed by atoms with Gasteiger partial charge in [-0.3, -0.25) is 4.79 Å². The van der Waals surface area contributed by atoms with Crippen molar-refractivity contribution in [2.75, 3.05) is 13.1 Å². The van der Waals surface area contributed by atoms with Crippen molar-refractivity contribution in [2.24, 2.45) is 0 Å². The predicted octanol–water partition coefficient (Wildman–Crippen LogP) is 1.16. The van der Waals surface area contributed by atoms with Gasteiger partial charge in [-0.2, -0.15) is 0 Å². The molecule has 4 nitrogen and oxygen atoms in total. The fourth-order valence-corrected chi connectivity index (χ4v) is 2.15. The summed E-state index contributed by atoms with van der Waals surface area (Å²) in [7, 11) is 0. The number of rotatable bonds is 2. The highest BCUT2D eigenvalue weighted by Crippen LogP contribution is 2.25. The van der Waals surface area contributed by atoms with Crippen LogP contribution in [0.2, 0.25) is 0 Å². The summed E-state index contributed by atoms with van der Waals surface area (Å²) in [5.41, 5.74) is 1.11. The number of hydrogen-bond acceptors (Lipinski definition) is 3. The van der Waals surface area contributed by atoms with Gasteiger partial charge >= 0.3 is 0 Å². The van der Waals surface area contributed by atoms with Gasteiger partial charge in [0.2, 0.25) is 0 Å². The van der Waals surface area contributed by atoms with Crippen LogP contribution in [0.25, 0.3) is 0 Å². The maximum Gasteiger partial charge on any atom is 0.257 e. The molecule has 4 heteroatoms. The Labute approximate surface area is 100 Å². The Hall–Kier alpha value is -1.55. The van der Waals surface area contributed by atoms with E-state index in [1.807, 2.05) is 13.0 Å². The highest BCUT2D eigenvalue weighted by atomic mass is 16.3. The number of aryl methyl sites for hydroxylation is 1. The first kappa shape index (κ1) is 11.9. The minimum absolute atomic E-state index is 0.0707. The van der Waals surface area contributed by atoms with Crippen LogP contribution in [0.15, 0.2) is 18.2 Å². The van der Waals surface area contributed by atoms with Crippen LogP contribution in [0.1, 0.15) is 29.3 Å². The molecule has 92 valence electrons. The van der Waals surface area contributed by atoms with E-state index in [4.69, 9.17) is 0 Å². The van der Waals surface area contributed by atoms with Gasteiger partial charge in [0.15, 0.2) is 0 Å². The number of para-hydroxylation sites is 1. The Morgan fingerprint density at radius 2 is 2.29 bits per heavy atom. The molecule has 1 aromatic rings. The molecule has 0 aromatic heterocycles. The summed E-state index contributed by atoms with van der Waals surface area (Å²) in [5.74, 6) is -0.129. The molecule has 0 radical (unpaired) electrons. The number of phenols is 1. The first-order chi connectivity index (χ1) is 8.13. The number of phenolic OH excluding ortho intramolecular Hbond substituents is 1. The van der Waals surface area contributed by atoms with Gasteiger partial charge in [-0.05, 0) is 24.5 Å². The summed E-state index contributed by atoms with van der Waals surface area (Å²) in [6.07, 6.45) is 0.866. The van der Waals surface area contributed by atoms with Gasteiger partial charge in [-0.25, -0.2) is 0 Å². The zero-order valence-corrected chi connectivity index (χ0v) is 9.89. The first-order valence-corrected chi connectivity index (χ1v) is 5.91. The molecule has 0 spiro atoms. The Bertz CT molecular complexity index is 431. The monoisotopic (exact) mass is 235 g/mol. The van der Waals surface area contributed by atoms with Gasteiger partial charge in [0.1, 0.15) is 5.75 Å². The van der Waals surface area contributed by atoms with Crippen molar-refractivity contribution in [3.63, 3.8) is 0 Å². The average molecular weight is 235 g/mol. The van der Waals surface area contributed by atoms with E-state index in [9.17, 15) is 15.0 Å². The number of carbonyl (C=O) groups excluding carboxylic acids is 1. The van der Waals surface area contributed by atoms with E-state index in [0.29, 0.717) is 31.5 Å². The van der Waals surface area contributed by atoms with Gasteiger partial charge in [0, 0.05) is 13.1 Å². The van der Waals surface area contributed by atoms with E-state index < -0.39 is 6.10 Å². The number of aromatic hydroxyl groups is 1. The quantitative estimate of drug-likeness (QED) is 0.808. The third-order valence-electron chi connectivity index (χ3n) is 3.18. The standard InChI is InChI=1S/C13H17NO3/c1-2-9-4-3-5-11(12(9)16)13(17)14-7-6-10(15)8-14/h3-5,10,15-16H,2,6-8H2,1H3/t10-/m1/s1. The van der Waals surface area contributed by atoms with E-state index in [1.54, 1.807) is 17.0 Å². The van der Waals surface area contributed by atoms with E-state index in [-0.39, 0.29) is 11.7 Å². The first-order valence-electron chi connectivity index (χ1n) is 5.91. The lowest BCUT2D eigenvalue weighted by Crippen LogP contribution is -2.29. The zero-order chi connectivity index (χ0) is 12.4. The van der Waals surface area contributed by atoms with Crippen molar-refractivity contribution in [1.29, 1.82) is 0 Å². The van der Waals surface area contributed by atoms with Gasteiger partial charge in [-0.1, -0.05) is 19.1 Å². The van der Waals surface area contributed by atoms with E-state index in [1.165, 1.54) is 0 Å². The highest BCUT2D eigenvalue weighted by molar-refractivity contribution is 5.97. The van der Waals surface area contributed by atoms with Gasteiger partial charge in [0.05, 0.1) is 11.7 Å². The Morgan fingerprint density at radius 1 is 1.53 bits per heavy atom. The van der Waals surface area contributed by atoms with Crippen molar-refractivity contribution in [3.8, 4) is 5.75 Å². The summed E-state index contributed by atoms with van der Waals surface area (Å²) < 4.78 is 0. The predicted molar refractivity (Wildman–Crippen MR) is 64.0 cm³/mol. The van der Waals surface area contributed by atoms with Crippen LogP contribution in [-0.2, 0) is 6.42 Å². The van der Waals surface area contributed by atoms with E-state index >= 15 is 0 Å². The molecule has 0 unspecified atom stereocenters. The van der Waals surface area contributed by atoms with Crippen molar-refractivity contribution >= 4 is 5.91 Å². The van der Waals surface area contributed by atoms with Crippen molar-refractivity contribution in [1.82, 2.24) is 4.90 Å². The summed E-state index contributed by atoms with van der Waals surface area (Å²) in [4.78, 5) is 13.7. The number of likely N-dealkylation sites (tertiary alicyclic amines) is 1.